The van der Waals surface area contributed by atoms with E-state index in [0.29, 0.717) is 12.5 Å². The molecule has 21 heavy (non-hydrogen) atoms. The molecule has 1 aromatic carbocycles. The predicted octanol–water partition coefficient (Wildman–Crippen LogP) is 2.31. The number of hydrogen-bond acceptors (Lipinski definition) is 3. The first-order valence-corrected chi connectivity index (χ1v) is 7.41. The Balaban J connectivity index is 0.00000220. The zero-order valence-electron chi connectivity index (χ0n) is 12.6. The van der Waals surface area contributed by atoms with Crippen LogP contribution in [0.1, 0.15) is 31.2 Å². The van der Waals surface area contributed by atoms with Crippen LogP contribution in [0.5, 0.6) is 5.75 Å². The molecular weight excluding hydrogens is 288 g/mol. The monoisotopic (exact) mass is 312 g/mol. The lowest BCUT2D eigenvalue weighted by atomic mass is 10.1. The van der Waals surface area contributed by atoms with Gasteiger partial charge in [0.05, 0.1) is 7.11 Å². The van der Waals surface area contributed by atoms with Crippen LogP contribution in [-0.2, 0) is 11.2 Å². The van der Waals surface area contributed by atoms with Crippen LogP contribution in [0.2, 0.25) is 0 Å². The molecule has 1 amide bonds. The average molecular weight is 313 g/mol. The number of aryl methyl sites for hydroxylation is 1. The second-order valence-electron chi connectivity index (χ2n) is 5.30. The Morgan fingerprint density at radius 3 is 2.76 bits per heavy atom. The fraction of sp³-hybridized carbons (Fsp3) is 0.562. The van der Waals surface area contributed by atoms with Crippen molar-refractivity contribution in [3.8, 4) is 5.75 Å². The Morgan fingerprint density at radius 2 is 2.14 bits per heavy atom. The maximum Gasteiger partial charge on any atom is 0.220 e. The van der Waals surface area contributed by atoms with Crippen LogP contribution in [0.4, 0.5) is 0 Å². The van der Waals surface area contributed by atoms with Gasteiger partial charge in [0, 0.05) is 19.0 Å². The zero-order chi connectivity index (χ0) is 14.2. The Bertz CT molecular complexity index is 417. The fourth-order valence-corrected chi connectivity index (χ4v) is 2.50. The van der Waals surface area contributed by atoms with Crippen molar-refractivity contribution < 1.29 is 9.53 Å². The molecule has 1 aromatic rings. The van der Waals surface area contributed by atoms with Gasteiger partial charge >= 0.3 is 0 Å². The van der Waals surface area contributed by atoms with E-state index in [9.17, 15) is 4.79 Å². The second kappa shape index (κ2) is 9.64. The van der Waals surface area contributed by atoms with Crippen LogP contribution >= 0.6 is 12.4 Å². The van der Waals surface area contributed by atoms with Crippen molar-refractivity contribution >= 4 is 18.3 Å². The van der Waals surface area contributed by atoms with Crippen LogP contribution in [-0.4, -0.2) is 32.1 Å². The largest absolute Gasteiger partial charge is 0.497 e. The Labute approximate surface area is 133 Å². The molecule has 2 rings (SSSR count). The van der Waals surface area contributed by atoms with E-state index in [-0.39, 0.29) is 18.3 Å². The van der Waals surface area contributed by atoms with Crippen molar-refractivity contribution in [3.05, 3.63) is 29.8 Å². The molecule has 1 fully saturated rings. The number of halogens is 1. The summed E-state index contributed by atoms with van der Waals surface area (Å²) < 4.78 is 5.12. The Hall–Kier alpha value is -1.26. The van der Waals surface area contributed by atoms with Gasteiger partial charge in [-0.3, -0.25) is 4.79 Å². The third-order valence-corrected chi connectivity index (χ3v) is 3.74. The van der Waals surface area contributed by atoms with Crippen LogP contribution in [0.15, 0.2) is 24.3 Å². The van der Waals surface area contributed by atoms with E-state index in [1.165, 1.54) is 18.4 Å². The number of ether oxygens (including phenoxy) is 1. The standard InChI is InChI=1S/C16H24N2O2.ClH/c1-20-15-9-7-13(8-10-15)4-2-6-16(19)18-12-14-5-3-11-17-14;/h7-10,14,17H,2-6,11-12H2,1H3,(H,18,19);1H. The van der Waals surface area contributed by atoms with Gasteiger partial charge in [-0.1, -0.05) is 12.1 Å². The van der Waals surface area contributed by atoms with E-state index in [0.717, 1.165) is 31.7 Å². The summed E-state index contributed by atoms with van der Waals surface area (Å²) in [6.45, 7) is 1.85. The highest BCUT2D eigenvalue weighted by Crippen LogP contribution is 2.13. The van der Waals surface area contributed by atoms with Crippen LogP contribution in [0, 0.1) is 0 Å². The number of hydrogen-bond donors (Lipinski definition) is 2. The van der Waals surface area contributed by atoms with Crippen molar-refractivity contribution in [2.24, 2.45) is 0 Å². The number of carbonyl (C=O) groups excluding carboxylic acids is 1. The number of nitrogens with one attached hydrogen (secondary N) is 2. The normalized spacial score (nSPS) is 17.1. The van der Waals surface area contributed by atoms with E-state index in [2.05, 4.69) is 22.8 Å². The molecule has 118 valence electrons. The van der Waals surface area contributed by atoms with Crippen molar-refractivity contribution in [3.63, 3.8) is 0 Å². The molecule has 1 heterocycles. The molecule has 2 N–H and O–H groups in total. The highest BCUT2D eigenvalue weighted by molar-refractivity contribution is 5.85. The molecule has 1 aliphatic rings. The molecule has 0 aromatic heterocycles. The summed E-state index contributed by atoms with van der Waals surface area (Å²) >= 11 is 0. The van der Waals surface area contributed by atoms with Gasteiger partial charge in [-0.2, -0.15) is 0 Å². The van der Waals surface area contributed by atoms with Gasteiger partial charge in [0.2, 0.25) is 5.91 Å². The van der Waals surface area contributed by atoms with E-state index < -0.39 is 0 Å². The summed E-state index contributed by atoms with van der Waals surface area (Å²) in [4.78, 5) is 11.7. The lowest BCUT2D eigenvalue weighted by molar-refractivity contribution is -0.121. The molecule has 0 aliphatic carbocycles. The molecular formula is C16H25ClN2O2. The third kappa shape index (κ3) is 6.36. The molecule has 1 atom stereocenters. The highest BCUT2D eigenvalue weighted by atomic mass is 35.5. The van der Waals surface area contributed by atoms with E-state index in [1.54, 1.807) is 7.11 Å². The van der Waals surface area contributed by atoms with Crippen LogP contribution in [0.25, 0.3) is 0 Å². The van der Waals surface area contributed by atoms with Crippen LogP contribution < -0.4 is 15.4 Å². The minimum atomic E-state index is 0. The van der Waals surface area contributed by atoms with Gasteiger partial charge in [-0.05, 0) is 49.9 Å². The maximum absolute atomic E-state index is 11.7. The second-order valence-corrected chi connectivity index (χ2v) is 5.30. The third-order valence-electron chi connectivity index (χ3n) is 3.74. The van der Waals surface area contributed by atoms with Crippen molar-refractivity contribution in [2.45, 2.75) is 38.1 Å². The predicted molar refractivity (Wildman–Crippen MR) is 87.2 cm³/mol. The molecule has 0 saturated carbocycles. The molecule has 5 heteroatoms. The fourth-order valence-electron chi connectivity index (χ4n) is 2.50. The summed E-state index contributed by atoms with van der Waals surface area (Å²) in [5.41, 5.74) is 1.25. The van der Waals surface area contributed by atoms with Gasteiger partial charge in [0.25, 0.3) is 0 Å². The van der Waals surface area contributed by atoms with Gasteiger partial charge in [0.15, 0.2) is 0 Å². The maximum atomic E-state index is 11.7. The molecule has 1 saturated heterocycles. The van der Waals surface area contributed by atoms with Crippen LogP contribution in [0.3, 0.4) is 0 Å². The van der Waals surface area contributed by atoms with Crippen molar-refractivity contribution in [1.29, 1.82) is 0 Å². The lowest BCUT2D eigenvalue weighted by Gasteiger charge is -2.11. The first-order valence-electron chi connectivity index (χ1n) is 7.41. The summed E-state index contributed by atoms with van der Waals surface area (Å²) in [6.07, 6.45) is 4.80. The van der Waals surface area contributed by atoms with Gasteiger partial charge < -0.3 is 15.4 Å². The topological polar surface area (TPSA) is 50.4 Å². The van der Waals surface area contributed by atoms with E-state index in [4.69, 9.17) is 4.74 Å². The van der Waals surface area contributed by atoms with Gasteiger partial charge in [0.1, 0.15) is 5.75 Å². The number of amides is 1. The van der Waals surface area contributed by atoms with Gasteiger partial charge in [-0.15, -0.1) is 12.4 Å². The summed E-state index contributed by atoms with van der Waals surface area (Å²) in [5.74, 6) is 1.03. The minimum Gasteiger partial charge on any atom is -0.497 e. The van der Waals surface area contributed by atoms with Crippen molar-refractivity contribution in [1.82, 2.24) is 10.6 Å². The number of methoxy groups -OCH3 is 1. The average Bonchev–Trinajstić information content (AvgIpc) is 2.99. The smallest absolute Gasteiger partial charge is 0.220 e. The lowest BCUT2D eigenvalue weighted by Crippen LogP contribution is -2.37. The van der Waals surface area contributed by atoms with Gasteiger partial charge in [-0.25, -0.2) is 0 Å². The summed E-state index contributed by atoms with van der Waals surface area (Å²) in [7, 11) is 1.67. The Kier molecular flexibility index (Phi) is 8.16. The number of rotatable bonds is 7. The number of carbonyl (C=O) groups is 1. The number of benzene rings is 1. The molecule has 0 spiro atoms. The molecule has 0 radical (unpaired) electrons. The van der Waals surface area contributed by atoms with Crippen molar-refractivity contribution in [2.75, 3.05) is 20.2 Å². The SMILES string of the molecule is COc1ccc(CCCC(=O)NCC2CCCN2)cc1.Cl. The Morgan fingerprint density at radius 1 is 1.38 bits per heavy atom. The first-order chi connectivity index (χ1) is 9.78. The molecule has 1 unspecified atom stereocenters. The quantitative estimate of drug-likeness (QED) is 0.812. The molecule has 0 bridgehead atoms. The zero-order valence-corrected chi connectivity index (χ0v) is 13.4. The summed E-state index contributed by atoms with van der Waals surface area (Å²) in [5, 5.41) is 6.39. The van der Waals surface area contributed by atoms with E-state index >= 15 is 0 Å². The summed E-state index contributed by atoms with van der Waals surface area (Å²) in [6, 6.07) is 8.50. The molecule has 4 nitrogen and oxygen atoms in total. The first kappa shape index (κ1) is 17.8. The highest BCUT2D eigenvalue weighted by Gasteiger charge is 2.14. The minimum absolute atomic E-state index is 0. The molecule has 1 aliphatic heterocycles. The van der Waals surface area contributed by atoms with E-state index in [1.807, 2.05) is 12.1 Å².